The summed E-state index contributed by atoms with van der Waals surface area (Å²) in [6, 6.07) is 0. The molecule has 1 aliphatic rings. The van der Waals surface area contributed by atoms with Gasteiger partial charge in [0.25, 0.3) is 0 Å². The number of hydrogen-bond acceptors (Lipinski definition) is 3. The maximum Gasteiger partial charge on any atom is 0.414 e. The third-order valence-electron chi connectivity index (χ3n) is 2.43. The quantitative estimate of drug-likeness (QED) is 0.374. The zero-order chi connectivity index (χ0) is 11.6. The van der Waals surface area contributed by atoms with Crippen LogP contribution in [0.5, 0.6) is 0 Å². The molecule has 0 spiro atoms. The van der Waals surface area contributed by atoms with Crippen molar-refractivity contribution in [3.63, 3.8) is 0 Å². The van der Waals surface area contributed by atoms with Gasteiger partial charge in [-0.3, -0.25) is 0 Å². The predicted molar refractivity (Wildman–Crippen MR) is 65.3 cm³/mol. The van der Waals surface area contributed by atoms with Gasteiger partial charge < -0.3 is 0 Å². The summed E-state index contributed by atoms with van der Waals surface area (Å²) in [4.78, 5) is 11.3. The lowest BCUT2D eigenvalue weighted by atomic mass is 10.2. The normalized spacial score (nSPS) is 15.9. The molecule has 0 aromatic heterocycles. The Hall–Kier alpha value is -0.970. The van der Waals surface area contributed by atoms with Crippen molar-refractivity contribution in [1.82, 2.24) is 16.0 Å². The van der Waals surface area contributed by atoms with Crippen molar-refractivity contribution in [2.75, 3.05) is 6.54 Å². The summed E-state index contributed by atoms with van der Waals surface area (Å²) in [6.07, 6.45) is 13.0. The number of nitrogens with zero attached hydrogens (tertiary/aromatic N) is 1. The highest BCUT2D eigenvalue weighted by atomic mass is 16.2. The highest BCUT2D eigenvalue weighted by Gasteiger charge is 2.22. The van der Waals surface area contributed by atoms with Gasteiger partial charge in [0.05, 0.1) is 6.08 Å². The molecular weight excluding hydrogens is 202 g/mol. The van der Waals surface area contributed by atoms with E-state index in [1.165, 1.54) is 36.8 Å². The molecule has 0 bridgehead atoms. The van der Waals surface area contributed by atoms with Crippen LogP contribution in [0.2, 0.25) is 0 Å². The van der Waals surface area contributed by atoms with Gasteiger partial charge in [-0.05, 0) is 24.1 Å². The molecule has 0 aromatic carbocycles. The van der Waals surface area contributed by atoms with E-state index in [-0.39, 0.29) is 5.91 Å². The van der Waals surface area contributed by atoms with Crippen LogP contribution in [-0.4, -0.2) is 12.5 Å². The first-order chi connectivity index (χ1) is 7.84. The summed E-state index contributed by atoms with van der Waals surface area (Å²) < 4.78 is 0. The molecule has 1 rings (SSSR count). The molecule has 1 amide bonds. The predicted octanol–water partition coefficient (Wildman–Crippen LogP) is 1.72. The minimum Gasteiger partial charge on any atom is -0.218 e. The van der Waals surface area contributed by atoms with Crippen LogP contribution >= 0.6 is 0 Å². The molecule has 1 heterocycles. The molecule has 0 aromatic rings. The van der Waals surface area contributed by atoms with Crippen molar-refractivity contribution in [1.29, 1.82) is 0 Å². The molecule has 0 fully saturated rings. The molecule has 0 unspecified atom stereocenters. The maximum absolute atomic E-state index is 11.3. The Kier molecular flexibility index (Phi) is 6.72. The third kappa shape index (κ3) is 5.21. The Balaban J connectivity index is 1.97. The van der Waals surface area contributed by atoms with Crippen LogP contribution in [0.15, 0.2) is 24.4 Å². The molecule has 0 atom stereocenters. The lowest BCUT2D eigenvalue weighted by Crippen LogP contribution is -2.51. The summed E-state index contributed by atoms with van der Waals surface area (Å²) in [5, 5.41) is 1.44. The first-order valence-electron chi connectivity index (χ1n) is 6.01. The first kappa shape index (κ1) is 13.1. The van der Waals surface area contributed by atoms with Crippen LogP contribution in [0, 0.1) is 0 Å². The summed E-state index contributed by atoms with van der Waals surface area (Å²) in [5.41, 5.74) is 5.89. The van der Waals surface area contributed by atoms with E-state index in [1.807, 2.05) is 6.08 Å². The molecule has 1 radical (unpaired) electrons. The molecule has 0 saturated carbocycles. The van der Waals surface area contributed by atoms with Crippen molar-refractivity contribution in [2.24, 2.45) is 0 Å². The number of hydrogen-bond donors (Lipinski definition) is 2. The van der Waals surface area contributed by atoms with Gasteiger partial charge >= 0.3 is 5.91 Å². The topological polar surface area (TPSA) is 47.0 Å². The molecule has 4 nitrogen and oxygen atoms in total. The van der Waals surface area contributed by atoms with Gasteiger partial charge in [0, 0.05) is 11.6 Å². The number of carbonyl (C=O) groups is 1. The number of nitrogens with one attached hydrogen (secondary N) is 2. The van der Waals surface area contributed by atoms with Crippen LogP contribution < -0.4 is 16.0 Å². The van der Waals surface area contributed by atoms with E-state index in [0.717, 1.165) is 13.0 Å². The number of hydrazine groups is 2. The van der Waals surface area contributed by atoms with Gasteiger partial charge in [-0.15, -0.1) is 0 Å². The fraction of sp³-hybridized carbons (Fsp3) is 0.583. The monoisotopic (exact) mass is 223 g/mol. The van der Waals surface area contributed by atoms with E-state index >= 15 is 0 Å². The Morgan fingerprint density at radius 3 is 2.75 bits per heavy atom. The first-order valence-corrected chi connectivity index (χ1v) is 6.01. The molecule has 0 saturated heterocycles. The molecule has 4 heteroatoms. The zero-order valence-corrected chi connectivity index (χ0v) is 9.91. The molecule has 2 N–H and O–H groups in total. The summed E-state index contributed by atoms with van der Waals surface area (Å²) in [7, 11) is 0. The Bertz CT molecular complexity index is 261. The second kappa shape index (κ2) is 8.21. The van der Waals surface area contributed by atoms with Crippen molar-refractivity contribution in [3.05, 3.63) is 24.4 Å². The maximum atomic E-state index is 11.3. The smallest absolute Gasteiger partial charge is 0.218 e. The summed E-state index contributed by atoms with van der Waals surface area (Å²) in [5.74, 6) is -0.0546. The fourth-order valence-electron chi connectivity index (χ4n) is 1.48. The van der Waals surface area contributed by atoms with Crippen LogP contribution in [0.1, 0.15) is 39.0 Å². The molecule has 1 aliphatic heterocycles. The second-order valence-electron chi connectivity index (χ2n) is 3.86. The van der Waals surface area contributed by atoms with Gasteiger partial charge in [-0.25, -0.2) is 10.2 Å². The number of amides is 1. The third-order valence-corrected chi connectivity index (χ3v) is 2.43. The van der Waals surface area contributed by atoms with E-state index in [1.54, 1.807) is 12.3 Å². The average Bonchev–Trinajstić information content (AvgIpc) is 2.30. The van der Waals surface area contributed by atoms with Gasteiger partial charge in [-0.1, -0.05) is 32.6 Å². The summed E-state index contributed by atoms with van der Waals surface area (Å²) in [6.45, 7) is 3.09. The highest BCUT2D eigenvalue weighted by Crippen LogP contribution is 2.00. The van der Waals surface area contributed by atoms with Crippen molar-refractivity contribution < 1.29 is 4.79 Å². The van der Waals surface area contributed by atoms with Gasteiger partial charge in [0.15, 0.2) is 6.20 Å². The largest absolute Gasteiger partial charge is 0.414 e. The minimum atomic E-state index is -0.0546. The fourth-order valence-corrected chi connectivity index (χ4v) is 1.48. The van der Waals surface area contributed by atoms with E-state index in [2.05, 4.69) is 17.9 Å². The van der Waals surface area contributed by atoms with Crippen molar-refractivity contribution in [2.45, 2.75) is 39.0 Å². The van der Waals surface area contributed by atoms with Gasteiger partial charge in [-0.2, -0.15) is 0 Å². The van der Waals surface area contributed by atoms with Crippen LogP contribution in [0.25, 0.3) is 0 Å². The lowest BCUT2D eigenvalue weighted by Gasteiger charge is -2.06. The molecule has 89 valence electrons. The van der Waals surface area contributed by atoms with E-state index in [9.17, 15) is 4.79 Å². The highest BCUT2D eigenvalue weighted by molar-refractivity contribution is 5.91. The lowest BCUT2D eigenvalue weighted by molar-refractivity contribution is -0.121. The van der Waals surface area contributed by atoms with Crippen LogP contribution in [-0.2, 0) is 4.79 Å². The molecule has 0 aliphatic carbocycles. The number of rotatable bonds is 8. The Morgan fingerprint density at radius 1 is 1.19 bits per heavy atom. The number of carbonyl (C=O) groups excluding carboxylic acids is 1. The van der Waals surface area contributed by atoms with E-state index in [0.29, 0.717) is 0 Å². The Labute approximate surface area is 97.3 Å². The van der Waals surface area contributed by atoms with Crippen molar-refractivity contribution in [3.8, 4) is 0 Å². The second-order valence-corrected chi connectivity index (χ2v) is 3.86. The zero-order valence-electron chi connectivity index (χ0n) is 9.91. The molecular formula is C12H21N3O+. The van der Waals surface area contributed by atoms with E-state index < -0.39 is 0 Å². The summed E-state index contributed by atoms with van der Waals surface area (Å²) >= 11 is 0. The number of allylic oxidation sites excluding steroid dienone is 2. The SMILES string of the molecule is CCCCCCCNN[N+]1C=CC=CC1=O. The van der Waals surface area contributed by atoms with Gasteiger partial charge in [0.2, 0.25) is 0 Å². The van der Waals surface area contributed by atoms with E-state index in [4.69, 9.17) is 0 Å². The van der Waals surface area contributed by atoms with Crippen molar-refractivity contribution >= 4 is 5.91 Å². The Morgan fingerprint density at radius 2 is 2.00 bits per heavy atom. The average molecular weight is 223 g/mol. The van der Waals surface area contributed by atoms with Crippen LogP contribution in [0.3, 0.4) is 0 Å². The molecule has 16 heavy (non-hydrogen) atoms. The minimum absolute atomic E-state index is 0.0546. The van der Waals surface area contributed by atoms with Gasteiger partial charge in [0.1, 0.15) is 0 Å². The van der Waals surface area contributed by atoms with Crippen LogP contribution in [0.4, 0.5) is 0 Å². The number of unbranched alkanes of at least 4 members (excludes halogenated alkanes) is 4. The standard InChI is InChI=1S/C12H21N3O/c1-2-3-4-5-7-10-13-14-15-11-8-6-9-12(15)16/h6,8-9,11,13-14H,2-5,7,10H2,1H3/q+1.